The first-order chi connectivity index (χ1) is 68.3. The molecule has 17 rings (SSSR count). The Morgan fingerprint density at radius 3 is 1.19 bits per heavy atom. The number of Topliss-reactive ketones (excluding diaryl/α,β-unsaturated/α-hetero) is 6. The number of hydrogen-bond donors (Lipinski definition) is 17. The van der Waals surface area contributed by atoms with Gasteiger partial charge in [0.05, 0.1) is 55.1 Å². The van der Waals surface area contributed by atoms with E-state index >= 15 is 0 Å². The zero-order valence-electron chi connectivity index (χ0n) is 80.8. The number of rotatable bonds is 25. The maximum atomic E-state index is 14.2. The highest BCUT2D eigenvalue weighted by Crippen LogP contribution is 2.59. The number of carbonyl (C=O) groups is 11. The highest BCUT2D eigenvalue weighted by molar-refractivity contribution is 6.30. The molecule has 13 atom stereocenters. The molecule has 0 heterocycles. The lowest BCUT2D eigenvalue weighted by Crippen LogP contribution is -2.65. The first-order valence-electron chi connectivity index (χ1n) is 47.2. The first kappa shape index (κ1) is 104. The number of ether oxygens (including phenoxy) is 3. The molecule has 144 heavy (non-hydrogen) atoms. The number of hydrogen-bond acceptors (Lipinski definition) is 30. The van der Waals surface area contributed by atoms with Gasteiger partial charge in [0.25, 0.3) is 17.7 Å². The average Bonchev–Trinajstić information content (AvgIpc) is 0.704. The lowest BCUT2D eigenvalue weighted by molar-refractivity contribution is -0.155. The molecule has 20 N–H and O–H groups in total. The molecule has 0 bridgehead atoms. The monoisotopic (exact) mass is 1990 g/mol. The molecule has 8 aromatic rings. The summed E-state index contributed by atoms with van der Waals surface area (Å²) in [6.45, 7) is 6.39. The molecule has 8 aromatic carbocycles. The molecule has 9 aliphatic carbocycles. The number of methoxy groups -OCH3 is 1. The van der Waals surface area contributed by atoms with E-state index in [4.69, 9.17) is 43.0 Å². The minimum absolute atomic E-state index is 0.00162. The number of aliphatic hydroxyl groups excluding tert-OH is 6. The second-order valence-electron chi connectivity index (χ2n) is 39.0. The van der Waals surface area contributed by atoms with Crippen LogP contribution in [0, 0.1) is 41.4 Å². The van der Waals surface area contributed by atoms with E-state index in [-0.39, 0.29) is 121 Å². The molecule has 0 aliphatic heterocycles. The van der Waals surface area contributed by atoms with Gasteiger partial charge < -0.3 is 98.0 Å². The van der Waals surface area contributed by atoms with Crippen molar-refractivity contribution < 1.29 is 128 Å². The van der Waals surface area contributed by atoms with Crippen molar-refractivity contribution in [2.45, 2.75) is 139 Å². The second-order valence-corrected chi connectivity index (χ2v) is 39.4. The summed E-state index contributed by atoms with van der Waals surface area (Å²) in [5.74, 6) is -20.6. The van der Waals surface area contributed by atoms with E-state index < -0.39 is 186 Å². The summed E-state index contributed by atoms with van der Waals surface area (Å²) in [5, 5.41) is 143. The fourth-order valence-corrected chi connectivity index (χ4v) is 22.6. The predicted octanol–water partition coefficient (Wildman–Crippen LogP) is 10.6. The number of esters is 1. The number of phenols is 3. The van der Waals surface area contributed by atoms with Gasteiger partial charge in [-0.05, 0) is 265 Å². The number of likely N-dealkylation sites (N-methyl/N-ethyl adjacent to an activating group) is 3. The maximum Gasteiger partial charge on any atom is 0.411 e. The lowest BCUT2D eigenvalue weighted by atomic mass is 9.57. The third kappa shape index (κ3) is 18.5. The third-order valence-electron chi connectivity index (χ3n) is 29.1. The van der Waals surface area contributed by atoms with E-state index in [1.165, 1.54) is 51.1 Å². The van der Waals surface area contributed by atoms with Crippen LogP contribution < -0.4 is 32.6 Å². The van der Waals surface area contributed by atoms with Crippen molar-refractivity contribution in [1.29, 1.82) is 0 Å². The van der Waals surface area contributed by atoms with Gasteiger partial charge in [0, 0.05) is 57.3 Å². The van der Waals surface area contributed by atoms with Gasteiger partial charge in [0.2, 0.25) is 17.3 Å². The largest absolute Gasteiger partial charge is 0.508 e. The SMILES string of the molecule is CC(C)COC(=O)Nc1ccc(-c2ccc(O)c3c2C[C@H]2C[C@H]4[C@H](N(C)C)C(=O)C(C(N)=O)=C(O)[C@@]4(O)C(=O)C2=C3O)cc1.CCOC(=O)C(Cc1ccccc1)NCc1ccc(OC)c(-c2ccc(O)c3c2C[C@H]2C[C@H]4C(N(C)C)C(=O)C(C(N)=O)=C(O)[C@@]4(O)C(=O)C2=C3O)c1.CN(C)C1C(=O)C(C(N)=O)=C(O)[C@@]2(O)C(=O)C3=C(O)c4c(O)ccc(-c5ccc(CCCCc6ccc(Cl)cc6)cc5)c4C[C@H]3C[C@@H]12. The Kier molecular flexibility index (Phi) is 29.5. The normalized spacial score (nSPS) is 23.8. The molecule has 0 spiro atoms. The van der Waals surface area contributed by atoms with Crippen LogP contribution in [0.1, 0.15) is 109 Å². The van der Waals surface area contributed by atoms with Gasteiger partial charge >= 0.3 is 12.1 Å². The van der Waals surface area contributed by atoms with Gasteiger partial charge in [-0.15, -0.1) is 0 Å². The quantitative estimate of drug-likeness (QED) is 0.0144. The van der Waals surface area contributed by atoms with E-state index in [0.717, 1.165) is 53.0 Å². The average molecular weight is 1990 g/mol. The van der Waals surface area contributed by atoms with Crippen LogP contribution in [-0.2, 0) is 102 Å². The molecule has 9 aliphatic rings. The van der Waals surface area contributed by atoms with Gasteiger partial charge in [-0.2, -0.15) is 0 Å². The number of nitrogens with one attached hydrogen (secondary N) is 2. The lowest BCUT2D eigenvalue weighted by Gasteiger charge is -2.50. The number of anilines is 1. The molecule has 3 saturated carbocycles. The molecular weight excluding hydrogens is 1870 g/mol. The molecule has 34 nitrogen and oxygen atoms in total. The Morgan fingerprint density at radius 2 is 0.826 bits per heavy atom. The van der Waals surface area contributed by atoms with Gasteiger partial charge in [-0.3, -0.25) is 68.0 Å². The molecule has 35 heteroatoms. The number of benzene rings is 8. The molecule has 4 amide bonds. The van der Waals surface area contributed by atoms with Crippen molar-refractivity contribution in [3.63, 3.8) is 0 Å². The van der Waals surface area contributed by atoms with Crippen LogP contribution in [-0.4, -0.2) is 244 Å². The van der Waals surface area contributed by atoms with Crippen molar-refractivity contribution >= 4 is 99.0 Å². The van der Waals surface area contributed by atoms with E-state index in [9.17, 15) is 114 Å². The van der Waals surface area contributed by atoms with E-state index in [1.807, 2.05) is 92.7 Å². The zero-order valence-corrected chi connectivity index (χ0v) is 81.6. The summed E-state index contributed by atoms with van der Waals surface area (Å²) in [7, 11) is 10.9. The molecule has 754 valence electrons. The van der Waals surface area contributed by atoms with Crippen molar-refractivity contribution in [3.05, 3.63) is 269 Å². The number of amides is 4. The molecule has 0 saturated heterocycles. The number of aryl methyl sites for hydroxylation is 2. The fourth-order valence-electron chi connectivity index (χ4n) is 22.5. The number of nitrogens with two attached hydrogens (primary N) is 3. The highest BCUT2D eigenvalue weighted by atomic mass is 35.5. The van der Waals surface area contributed by atoms with Gasteiger partial charge in [0.1, 0.15) is 80.3 Å². The number of aliphatic hydroxyl groups is 9. The number of fused-ring (bicyclic) bond motifs is 9. The van der Waals surface area contributed by atoms with Crippen LogP contribution in [0.15, 0.2) is 208 Å². The maximum absolute atomic E-state index is 14.2. The van der Waals surface area contributed by atoms with Gasteiger partial charge in [0.15, 0.2) is 34.2 Å². The summed E-state index contributed by atoms with van der Waals surface area (Å²) < 4.78 is 16.2. The Bertz CT molecular complexity index is 6820. The number of nitrogens with zero attached hydrogens (tertiary/aromatic N) is 3. The Hall–Kier alpha value is -14.6. The summed E-state index contributed by atoms with van der Waals surface area (Å²) >= 11 is 5.98. The Balaban J connectivity index is 0.000000163. The van der Waals surface area contributed by atoms with Crippen molar-refractivity contribution in [2.24, 2.45) is 58.6 Å². The topological polar surface area (TPSA) is 570 Å². The molecule has 0 aromatic heterocycles. The van der Waals surface area contributed by atoms with E-state index in [2.05, 4.69) is 22.8 Å². The number of aromatic hydroxyl groups is 3. The summed E-state index contributed by atoms with van der Waals surface area (Å²) in [6, 6.07) is 43.2. The number of halogens is 1. The number of phenolic OH excluding ortho intramolecular Hbond substituents is 3. The van der Waals surface area contributed by atoms with Crippen LogP contribution in [0.5, 0.6) is 23.0 Å². The minimum Gasteiger partial charge on any atom is -0.508 e. The Labute approximate surface area is 833 Å². The van der Waals surface area contributed by atoms with Crippen LogP contribution in [0.2, 0.25) is 5.02 Å². The van der Waals surface area contributed by atoms with Crippen LogP contribution in [0.3, 0.4) is 0 Å². The minimum atomic E-state index is -2.73. The number of unbranched alkanes of at least 4 members (excludes halogenated alkanes) is 1. The number of ketones is 6. The van der Waals surface area contributed by atoms with Crippen molar-refractivity contribution in [3.8, 4) is 56.4 Å². The van der Waals surface area contributed by atoms with Crippen LogP contribution >= 0.6 is 11.6 Å². The van der Waals surface area contributed by atoms with Crippen LogP contribution in [0.25, 0.3) is 50.7 Å². The molecule has 3 unspecified atom stereocenters. The third-order valence-corrected chi connectivity index (χ3v) is 29.4. The van der Waals surface area contributed by atoms with Crippen molar-refractivity contribution in [2.75, 3.05) is 67.9 Å². The highest BCUT2D eigenvalue weighted by Gasteiger charge is 2.68. The first-order valence-corrected chi connectivity index (χ1v) is 47.6. The van der Waals surface area contributed by atoms with E-state index in [1.54, 1.807) is 97.7 Å². The fraction of sp³-hybridized carbons (Fsp3) is 0.349. The standard InChI is InChI=1S/C40H43N3O10.C37H37ClN2O7.C32H35N3O9/c1-5-53-39(50)27(16-20-9-7-6-8-10-20)42-19-21-11-14-29(52-4)24(15-21)23-12-13-28(44)31-25(23)17-22-18-26-33(43(2)3)35(46)32(38(41)49)37(48)40(26,51)36(47)30(22)34(31)45;1-40(2)31-26-18-22-17-25-24(21-11-7-19(8-12-21)5-3-4-6-20-9-13-23(38)14-10-20)15-16-27(41)29(25)32(42)28(22)34(44)37(26,47)35(45)30(33(31)43)36(39)46;1-14(2)13-44-31(42)34-17-7-5-15(6-8-17)18-9-10-21(36)23-19(18)11-16-12-20-25(35(3)4)27(38)24(30(33)41)29(40)32(20,43)28(39)22(16)26(23)37/h6-15,22,26-27,33,42,44-45,48,51H,5,16-19H2,1-4H3,(H2,41,49);7-16,22,26,31,41-42,45,47H,3-6,17-18H2,1-2H3,(H2,39,46);5-10,14,16,20,25,36-37,40,43H,11-13H2,1-4H3,(H2,33,41)(H,34,42)/t22-,26-,27?,33?,40-;22-,26-,31?,37-;16-,20-,25-,32-/m000/s1. The summed E-state index contributed by atoms with van der Waals surface area (Å²) in [4.78, 5) is 148. The van der Waals surface area contributed by atoms with Gasteiger partial charge in [-0.25, -0.2) is 4.79 Å². The molecule has 3 fully saturated rings. The molecular formula is C109H115ClN8O26. The second kappa shape index (κ2) is 41.0. The summed E-state index contributed by atoms with van der Waals surface area (Å²) in [6.07, 6.45) is 4.23. The number of primary amides is 3. The Morgan fingerprint density at radius 1 is 0.458 bits per heavy atom. The zero-order chi connectivity index (χ0) is 104. The van der Waals surface area contributed by atoms with Crippen LogP contribution in [0.4, 0.5) is 10.5 Å². The number of carbonyl (C=O) groups excluding carboxylic acids is 11. The smallest absolute Gasteiger partial charge is 0.411 e. The van der Waals surface area contributed by atoms with Crippen molar-refractivity contribution in [1.82, 2.24) is 20.0 Å². The summed E-state index contributed by atoms with van der Waals surface area (Å²) in [5.41, 5.74) is 15.5. The molecule has 0 radical (unpaired) electrons. The van der Waals surface area contributed by atoms with E-state index in [0.29, 0.717) is 56.8 Å². The van der Waals surface area contributed by atoms with Gasteiger partial charge in [-0.1, -0.05) is 129 Å². The predicted molar refractivity (Wildman–Crippen MR) is 531 cm³/mol.